The molecule has 0 saturated heterocycles. The fourth-order valence-corrected chi connectivity index (χ4v) is 2.51. The number of nitrogens with one attached hydrogen (secondary N) is 1. The summed E-state index contributed by atoms with van der Waals surface area (Å²) in [4.78, 5) is 0. The zero-order valence-corrected chi connectivity index (χ0v) is 9.98. The SMILES string of the molecule is Cc1cc(NCc2cscc2Br)no1. The van der Waals surface area contributed by atoms with E-state index in [1.165, 1.54) is 5.56 Å². The second-order valence-electron chi connectivity index (χ2n) is 2.92. The maximum absolute atomic E-state index is 4.94. The first kappa shape index (κ1) is 9.73. The summed E-state index contributed by atoms with van der Waals surface area (Å²) in [6, 6.07) is 1.88. The van der Waals surface area contributed by atoms with E-state index in [1.54, 1.807) is 11.3 Å². The third-order valence-electron chi connectivity index (χ3n) is 1.78. The molecule has 0 amide bonds. The maximum Gasteiger partial charge on any atom is 0.169 e. The molecule has 0 spiro atoms. The molecule has 2 heterocycles. The molecule has 74 valence electrons. The van der Waals surface area contributed by atoms with Crippen molar-refractivity contribution in [3.8, 4) is 0 Å². The van der Waals surface area contributed by atoms with E-state index in [2.05, 4.69) is 37.2 Å². The predicted octanol–water partition coefficient (Wildman–Crippen LogP) is 3.42. The molecule has 5 heteroatoms. The van der Waals surface area contributed by atoms with E-state index in [1.807, 2.05) is 13.0 Å². The molecule has 1 N–H and O–H groups in total. The van der Waals surface area contributed by atoms with Crippen molar-refractivity contribution in [2.45, 2.75) is 13.5 Å². The second kappa shape index (κ2) is 4.14. The van der Waals surface area contributed by atoms with Crippen LogP contribution in [-0.4, -0.2) is 5.16 Å². The molecule has 2 aromatic rings. The molecule has 0 saturated carbocycles. The van der Waals surface area contributed by atoms with Crippen molar-refractivity contribution in [2.24, 2.45) is 0 Å². The topological polar surface area (TPSA) is 38.1 Å². The number of halogens is 1. The minimum atomic E-state index is 0.760. The molecule has 3 nitrogen and oxygen atoms in total. The van der Waals surface area contributed by atoms with Crippen LogP contribution < -0.4 is 5.32 Å². The van der Waals surface area contributed by atoms with Gasteiger partial charge in [0, 0.05) is 22.5 Å². The molecule has 0 fully saturated rings. The van der Waals surface area contributed by atoms with Crippen molar-refractivity contribution >= 4 is 33.1 Å². The van der Waals surface area contributed by atoms with Crippen LogP contribution >= 0.6 is 27.3 Å². The molecule has 0 bridgehead atoms. The first-order valence-electron chi connectivity index (χ1n) is 4.13. The number of hydrogen-bond donors (Lipinski definition) is 1. The second-order valence-corrected chi connectivity index (χ2v) is 4.52. The number of thiophene rings is 1. The average Bonchev–Trinajstić information content (AvgIpc) is 2.72. The number of aryl methyl sites for hydroxylation is 1. The van der Waals surface area contributed by atoms with Crippen molar-refractivity contribution in [2.75, 3.05) is 5.32 Å². The van der Waals surface area contributed by atoms with Gasteiger partial charge in [0.1, 0.15) is 5.76 Å². The van der Waals surface area contributed by atoms with E-state index in [9.17, 15) is 0 Å². The summed E-state index contributed by atoms with van der Waals surface area (Å²) in [5.41, 5.74) is 1.23. The van der Waals surface area contributed by atoms with Gasteiger partial charge in [-0.25, -0.2) is 0 Å². The molecule has 0 aliphatic rings. The lowest BCUT2D eigenvalue weighted by Crippen LogP contribution is -1.98. The highest BCUT2D eigenvalue weighted by Crippen LogP contribution is 2.22. The smallest absolute Gasteiger partial charge is 0.169 e. The summed E-state index contributed by atoms with van der Waals surface area (Å²) in [5.74, 6) is 1.59. The van der Waals surface area contributed by atoms with Gasteiger partial charge in [-0.2, -0.15) is 11.3 Å². The predicted molar refractivity (Wildman–Crippen MR) is 60.6 cm³/mol. The quantitative estimate of drug-likeness (QED) is 0.931. The lowest BCUT2D eigenvalue weighted by molar-refractivity contribution is 0.399. The zero-order chi connectivity index (χ0) is 9.97. The van der Waals surface area contributed by atoms with E-state index in [0.717, 1.165) is 22.6 Å². The molecular weight excluding hydrogens is 264 g/mol. The molecule has 0 unspecified atom stereocenters. The van der Waals surface area contributed by atoms with Gasteiger partial charge in [0.05, 0.1) is 0 Å². The summed E-state index contributed by atoms with van der Waals surface area (Å²) in [6.45, 7) is 2.63. The van der Waals surface area contributed by atoms with Crippen LogP contribution in [0.1, 0.15) is 11.3 Å². The van der Waals surface area contributed by atoms with Crippen LogP contribution in [-0.2, 0) is 6.54 Å². The molecule has 2 aromatic heterocycles. The van der Waals surface area contributed by atoms with E-state index >= 15 is 0 Å². The van der Waals surface area contributed by atoms with E-state index in [-0.39, 0.29) is 0 Å². The van der Waals surface area contributed by atoms with Gasteiger partial charge in [-0.3, -0.25) is 0 Å². The molecule has 0 aromatic carbocycles. The van der Waals surface area contributed by atoms with Crippen molar-refractivity contribution in [1.82, 2.24) is 5.16 Å². The Morgan fingerprint density at radius 1 is 1.57 bits per heavy atom. The molecule has 0 aliphatic carbocycles. The monoisotopic (exact) mass is 272 g/mol. The zero-order valence-electron chi connectivity index (χ0n) is 7.58. The van der Waals surface area contributed by atoms with Crippen molar-refractivity contribution < 1.29 is 4.52 Å². The lowest BCUT2D eigenvalue weighted by atomic mass is 10.3. The largest absolute Gasteiger partial charge is 0.363 e. The van der Waals surface area contributed by atoms with Crippen LogP contribution in [0.4, 0.5) is 5.82 Å². The van der Waals surface area contributed by atoms with Crippen LogP contribution in [0.2, 0.25) is 0 Å². The first-order valence-corrected chi connectivity index (χ1v) is 5.87. The van der Waals surface area contributed by atoms with Gasteiger partial charge in [0.15, 0.2) is 5.82 Å². The molecule has 14 heavy (non-hydrogen) atoms. The van der Waals surface area contributed by atoms with Gasteiger partial charge in [-0.15, -0.1) is 0 Å². The van der Waals surface area contributed by atoms with Crippen molar-refractivity contribution in [1.29, 1.82) is 0 Å². The number of hydrogen-bond acceptors (Lipinski definition) is 4. The summed E-state index contributed by atoms with van der Waals surface area (Å²) in [6.07, 6.45) is 0. The third-order valence-corrected chi connectivity index (χ3v) is 3.61. The first-order chi connectivity index (χ1) is 6.75. The number of aromatic nitrogens is 1. The molecule has 0 atom stereocenters. The lowest BCUT2D eigenvalue weighted by Gasteiger charge is -1.99. The van der Waals surface area contributed by atoms with E-state index in [0.29, 0.717) is 0 Å². The highest BCUT2D eigenvalue weighted by atomic mass is 79.9. The van der Waals surface area contributed by atoms with Gasteiger partial charge >= 0.3 is 0 Å². The van der Waals surface area contributed by atoms with Gasteiger partial charge in [0.2, 0.25) is 0 Å². The standard InChI is InChI=1S/C9H9BrN2OS/c1-6-2-9(12-13-6)11-3-7-4-14-5-8(7)10/h2,4-5H,3H2,1H3,(H,11,12). The Hall–Kier alpha value is -0.810. The fourth-order valence-electron chi connectivity index (χ4n) is 1.07. The van der Waals surface area contributed by atoms with Crippen LogP contribution in [0.25, 0.3) is 0 Å². The summed E-state index contributed by atoms with van der Waals surface area (Å²) in [7, 11) is 0. The number of nitrogens with zero attached hydrogens (tertiary/aromatic N) is 1. The summed E-state index contributed by atoms with van der Waals surface area (Å²) < 4.78 is 6.08. The Balaban J connectivity index is 1.98. The minimum absolute atomic E-state index is 0.760. The van der Waals surface area contributed by atoms with Crippen LogP contribution in [0, 0.1) is 6.92 Å². The van der Waals surface area contributed by atoms with Gasteiger partial charge < -0.3 is 9.84 Å². The highest BCUT2D eigenvalue weighted by Gasteiger charge is 2.02. The maximum atomic E-state index is 4.94. The average molecular weight is 273 g/mol. The van der Waals surface area contributed by atoms with Gasteiger partial charge in [0.25, 0.3) is 0 Å². The Morgan fingerprint density at radius 2 is 2.43 bits per heavy atom. The summed E-state index contributed by atoms with van der Waals surface area (Å²) in [5, 5.41) is 11.2. The van der Waals surface area contributed by atoms with Crippen LogP contribution in [0.5, 0.6) is 0 Å². The van der Waals surface area contributed by atoms with Crippen LogP contribution in [0.3, 0.4) is 0 Å². The Kier molecular flexibility index (Phi) is 2.88. The Labute approximate surface area is 94.2 Å². The Bertz CT molecular complexity index is 424. The van der Waals surface area contributed by atoms with Crippen LogP contribution in [0.15, 0.2) is 25.8 Å². The number of anilines is 1. The molecule has 0 aliphatic heterocycles. The van der Waals surface area contributed by atoms with Crippen molar-refractivity contribution in [3.05, 3.63) is 32.6 Å². The van der Waals surface area contributed by atoms with E-state index in [4.69, 9.17) is 4.52 Å². The van der Waals surface area contributed by atoms with Crippen molar-refractivity contribution in [3.63, 3.8) is 0 Å². The normalized spacial score (nSPS) is 10.4. The Morgan fingerprint density at radius 3 is 3.00 bits per heavy atom. The third kappa shape index (κ3) is 2.16. The van der Waals surface area contributed by atoms with E-state index < -0.39 is 0 Å². The minimum Gasteiger partial charge on any atom is -0.363 e. The summed E-state index contributed by atoms with van der Waals surface area (Å²) >= 11 is 5.15. The fraction of sp³-hybridized carbons (Fsp3) is 0.222. The molecule has 0 radical (unpaired) electrons. The molecule has 2 rings (SSSR count). The van der Waals surface area contributed by atoms with Gasteiger partial charge in [-0.1, -0.05) is 5.16 Å². The number of rotatable bonds is 3. The molecular formula is C9H9BrN2OS. The highest BCUT2D eigenvalue weighted by molar-refractivity contribution is 9.10. The van der Waals surface area contributed by atoms with Gasteiger partial charge in [-0.05, 0) is 33.8 Å².